The van der Waals surface area contributed by atoms with Crippen LogP contribution in [0.15, 0.2) is 30.3 Å². The summed E-state index contributed by atoms with van der Waals surface area (Å²) >= 11 is 0. The average molecular weight is 443 g/mol. The zero-order chi connectivity index (χ0) is 24.6. The number of carbonyl (C=O) groups excluding carboxylic acids is 1. The first-order valence-electron chi connectivity index (χ1n) is 9.61. The number of benzene rings is 1. The Hall–Kier alpha value is -3.18. The molecule has 9 N–H and O–H groups in total. The second-order valence-corrected chi connectivity index (χ2v) is 6.82. The summed E-state index contributed by atoms with van der Waals surface area (Å²) in [6.45, 7) is 7.20. The molecule has 3 atom stereocenters. The fourth-order valence-corrected chi connectivity index (χ4v) is 1.70. The van der Waals surface area contributed by atoms with E-state index >= 15 is 0 Å². The molecule has 0 fully saturated rings. The van der Waals surface area contributed by atoms with Gasteiger partial charge in [-0.25, -0.2) is 9.59 Å². The van der Waals surface area contributed by atoms with Crippen LogP contribution in [0.2, 0.25) is 0 Å². The van der Waals surface area contributed by atoms with Crippen molar-refractivity contribution in [1.82, 2.24) is 10.6 Å². The van der Waals surface area contributed by atoms with Crippen molar-refractivity contribution in [2.45, 2.75) is 52.2 Å². The van der Waals surface area contributed by atoms with E-state index < -0.39 is 42.1 Å². The SMILES string of the molecule is CC(C)[C@H](N)C(=O)O.CCNC(=O)N[C@@H](Cc1ccccc1)C(=O)O.C[C@H](N)C(=O)O. The fourth-order valence-electron chi connectivity index (χ4n) is 1.70. The average Bonchev–Trinajstić information content (AvgIpc) is 2.68. The highest BCUT2D eigenvalue weighted by Gasteiger charge is 2.19. The third-order valence-corrected chi connectivity index (χ3v) is 3.62. The summed E-state index contributed by atoms with van der Waals surface area (Å²) in [5.74, 6) is -2.91. The fraction of sp³-hybridized carbons (Fsp3) is 0.500. The van der Waals surface area contributed by atoms with Gasteiger partial charge in [0.25, 0.3) is 0 Å². The number of urea groups is 1. The van der Waals surface area contributed by atoms with Crippen molar-refractivity contribution in [3.05, 3.63) is 35.9 Å². The first-order valence-corrected chi connectivity index (χ1v) is 9.61. The van der Waals surface area contributed by atoms with Crippen LogP contribution in [0.5, 0.6) is 0 Å². The number of hydrogen-bond donors (Lipinski definition) is 7. The topological polar surface area (TPSA) is 205 Å². The van der Waals surface area contributed by atoms with Crippen LogP contribution in [-0.4, -0.2) is 63.9 Å². The number of carbonyl (C=O) groups is 4. The highest BCUT2D eigenvalue weighted by Crippen LogP contribution is 2.03. The maximum absolute atomic E-state index is 11.3. The van der Waals surface area contributed by atoms with Crippen LogP contribution in [0.25, 0.3) is 0 Å². The van der Waals surface area contributed by atoms with E-state index in [9.17, 15) is 19.2 Å². The number of carboxylic acid groups (broad SMARTS) is 3. The predicted molar refractivity (Wildman–Crippen MR) is 116 cm³/mol. The molecule has 1 aromatic rings. The van der Waals surface area contributed by atoms with Gasteiger partial charge in [0.1, 0.15) is 18.1 Å². The van der Waals surface area contributed by atoms with Crippen molar-refractivity contribution in [2.75, 3.05) is 6.54 Å². The lowest BCUT2D eigenvalue weighted by Crippen LogP contribution is -2.47. The minimum Gasteiger partial charge on any atom is -0.480 e. The summed E-state index contributed by atoms with van der Waals surface area (Å²) in [6, 6.07) is 6.36. The van der Waals surface area contributed by atoms with Gasteiger partial charge < -0.3 is 37.4 Å². The normalized spacial score (nSPS) is 12.6. The van der Waals surface area contributed by atoms with E-state index in [0.717, 1.165) is 5.56 Å². The number of aliphatic carboxylic acids is 3. The molecule has 11 nitrogen and oxygen atoms in total. The largest absolute Gasteiger partial charge is 0.480 e. The molecule has 0 radical (unpaired) electrons. The van der Waals surface area contributed by atoms with Crippen LogP contribution in [0, 0.1) is 5.92 Å². The molecule has 0 bridgehead atoms. The Morgan fingerprint density at radius 1 is 0.903 bits per heavy atom. The van der Waals surface area contributed by atoms with Crippen molar-refractivity contribution in [3.63, 3.8) is 0 Å². The molecule has 0 saturated carbocycles. The van der Waals surface area contributed by atoms with E-state index in [1.54, 1.807) is 20.8 Å². The van der Waals surface area contributed by atoms with Gasteiger partial charge in [0.15, 0.2) is 0 Å². The molecule has 0 aliphatic heterocycles. The first kappa shape index (κ1) is 30.0. The van der Waals surface area contributed by atoms with Crippen LogP contribution in [-0.2, 0) is 20.8 Å². The van der Waals surface area contributed by atoms with E-state index in [-0.39, 0.29) is 12.3 Å². The van der Waals surface area contributed by atoms with Gasteiger partial charge in [-0.3, -0.25) is 9.59 Å². The summed E-state index contributed by atoms with van der Waals surface area (Å²) in [4.78, 5) is 41.9. The second kappa shape index (κ2) is 16.6. The maximum Gasteiger partial charge on any atom is 0.326 e. The lowest BCUT2D eigenvalue weighted by Gasteiger charge is -2.14. The smallest absolute Gasteiger partial charge is 0.326 e. The predicted octanol–water partition coefficient (Wildman–Crippen LogP) is 0.474. The Morgan fingerprint density at radius 2 is 1.39 bits per heavy atom. The minimum atomic E-state index is -1.04. The third kappa shape index (κ3) is 16.3. The summed E-state index contributed by atoms with van der Waals surface area (Å²) in [5.41, 5.74) is 10.9. The van der Waals surface area contributed by atoms with Gasteiger partial charge in [0.2, 0.25) is 0 Å². The Morgan fingerprint density at radius 3 is 1.68 bits per heavy atom. The molecule has 0 unspecified atom stereocenters. The van der Waals surface area contributed by atoms with Crippen molar-refractivity contribution in [1.29, 1.82) is 0 Å². The molecule has 31 heavy (non-hydrogen) atoms. The van der Waals surface area contributed by atoms with Gasteiger partial charge >= 0.3 is 23.9 Å². The van der Waals surface area contributed by atoms with E-state index in [1.807, 2.05) is 30.3 Å². The highest BCUT2D eigenvalue weighted by molar-refractivity contribution is 5.82. The van der Waals surface area contributed by atoms with Crippen LogP contribution in [0.1, 0.15) is 33.3 Å². The van der Waals surface area contributed by atoms with Gasteiger partial charge in [0.05, 0.1) is 0 Å². The van der Waals surface area contributed by atoms with Crippen molar-refractivity contribution in [2.24, 2.45) is 17.4 Å². The zero-order valence-electron chi connectivity index (χ0n) is 18.2. The third-order valence-electron chi connectivity index (χ3n) is 3.62. The molecule has 0 aliphatic rings. The van der Waals surface area contributed by atoms with Gasteiger partial charge in [-0.2, -0.15) is 0 Å². The molecule has 2 amide bonds. The molecular formula is C20H34N4O7. The minimum absolute atomic E-state index is 0.0208. The number of amides is 2. The Bertz CT molecular complexity index is 681. The van der Waals surface area contributed by atoms with Crippen LogP contribution in [0.4, 0.5) is 4.79 Å². The van der Waals surface area contributed by atoms with Gasteiger partial charge in [-0.1, -0.05) is 44.2 Å². The van der Waals surface area contributed by atoms with Crippen molar-refractivity contribution < 1.29 is 34.5 Å². The quantitative estimate of drug-likeness (QED) is 0.298. The van der Waals surface area contributed by atoms with Gasteiger partial charge in [-0.15, -0.1) is 0 Å². The highest BCUT2D eigenvalue weighted by atomic mass is 16.4. The Balaban J connectivity index is 0. The van der Waals surface area contributed by atoms with Crippen LogP contribution in [0.3, 0.4) is 0 Å². The molecule has 0 aromatic heterocycles. The summed E-state index contributed by atoms with van der Waals surface area (Å²) in [6.07, 6.45) is 0.271. The van der Waals surface area contributed by atoms with Gasteiger partial charge in [-0.05, 0) is 25.3 Å². The second-order valence-electron chi connectivity index (χ2n) is 6.82. The lowest BCUT2D eigenvalue weighted by molar-refractivity contribution is -0.140. The van der Waals surface area contributed by atoms with E-state index in [2.05, 4.69) is 10.6 Å². The van der Waals surface area contributed by atoms with Crippen molar-refractivity contribution in [3.8, 4) is 0 Å². The Kier molecular flexibility index (Phi) is 16.1. The summed E-state index contributed by atoms with van der Waals surface area (Å²) < 4.78 is 0. The molecule has 176 valence electrons. The van der Waals surface area contributed by atoms with E-state index in [0.29, 0.717) is 6.54 Å². The molecule has 0 saturated heterocycles. The standard InChI is InChI=1S/C12H16N2O3.C5H11NO2.C3H7NO2/c1-2-13-12(17)14-10(11(15)16)8-9-6-4-3-5-7-9;1-3(2)4(6)5(7)8;1-2(4)3(5)6/h3-7,10H,2,8H2,1H3,(H,15,16)(H2,13,14,17);3-4H,6H2,1-2H3,(H,7,8);2H,4H2,1H3,(H,5,6)/t10-;4-;2-/m000/s1. The zero-order valence-corrected chi connectivity index (χ0v) is 18.2. The molecule has 0 heterocycles. The Labute approximate surface area is 181 Å². The van der Waals surface area contributed by atoms with E-state index in [1.165, 1.54) is 6.92 Å². The van der Waals surface area contributed by atoms with E-state index in [4.69, 9.17) is 26.8 Å². The maximum atomic E-state index is 11.3. The van der Waals surface area contributed by atoms with Gasteiger partial charge in [0, 0.05) is 13.0 Å². The molecule has 0 spiro atoms. The monoisotopic (exact) mass is 442 g/mol. The van der Waals surface area contributed by atoms with Crippen LogP contribution >= 0.6 is 0 Å². The van der Waals surface area contributed by atoms with Crippen molar-refractivity contribution >= 4 is 23.9 Å². The van der Waals surface area contributed by atoms with Crippen LogP contribution < -0.4 is 22.1 Å². The molecule has 1 rings (SSSR count). The summed E-state index contributed by atoms with van der Waals surface area (Å²) in [5, 5.41) is 30.0. The summed E-state index contributed by atoms with van der Waals surface area (Å²) in [7, 11) is 0. The number of rotatable bonds is 8. The molecule has 11 heteroatoms. The number of nitrogens with one attached hydrogen (secondary N) is 2. The molecule has 0 aliphatic carbocycles. The first-order chi connectivity index (χ1) is 14.3. The lowest BCUT2D eigenvalue weighted by atomic mass is 10.1. The number of carboxylic acids is 3. The molecule has 1 aromatic carbocycles. The molecular weight excluding hydrogens is 408 g/mol. The number of hydrogen-bond acceptors (Lipinski definition) is 6. The number of nitrogens with two attached hydrogens (primary N) is 2.